The Bertz CT molecular complexity index is 361. The lowest BCUT2D eigenvalue weighted by atomic mass is 10.1. The molecule has 1 saturated heterocycles. The van der Waals surface area contributed by atoms with Gasteiger partial charge in [0.2, 0.25) is 0 Å². The van der Waals surface area contributed by atoms with E-state index >= 15 is 0 Å². The molecule has 0 bridgehead atoms. The fraction of sp³-hybridized carbons (Fsp3) is 0.462. The second-order valence-electron chi connectivity index (χ2n) is 4.53. The number of benzene rings is 1. The number of rotatable bonds is 3. The summed E-state index contributed by atoms with van der Waals surface area (Å²) in [5.41, 5.74) is 1.14. The third kappa shape index (κ3) is 2.35. The summed E-state index contributed by atoms with van der Waals surface area (Å²) in [6.07, 6.45) is -0.154. The molecule has 1 unspecified atom stereocenters. The van der Waals surface area contributed by atoms with Crippen LogP contribution in [0.5, 0.6) is 0 Å². The highest BCUT2D eigenvalue weighted by molar-refractivity contribution is 5.69. The maximum absolute atomic E-state index is 11.6. The highest BCUT2D eigenvalue weighted by Gasteiger charge is 2.32. The minimum Gasteiger partial charge on any atom is -0.444 e. The summed E-state index contributed by atoms with van der Waals surface area (Å²) in [6, 6.07) is 9.99. The molecule has 0 N–H and O–H groups in total. The molecule has 2 rings (SSSR count). The molecule has 0 radical (unpaired) electrons. The second kappa shape index (κ2) is 4.56. The molecule has 0 saturated carbocycles. The van der Waals surface area contributed by atoms with E-state index in [2.05, 4.69) is 13.8 Å². The summed E-state index contributed by atoms with van der Waals surface area (Å²) < 4.78 is 5.29. The van der Waals surface area contributed by atoms with Gasteiger partial charge in [0.15, 0.2) is 0 Å². The number of hydrogen-bond acceptors (Lipinski definition) is 2. The monoisotopic (exact) mass is 219 g/mol. The smallest absolute Gasteiger partial charge is 0.410 e. The van der Waals surface area contributed by atoms with Crippen LogP contribution in [-0.2, 0) is 11.3 Å². The molecule has 1 aliphatic rings. The zero-order valence-electron chi connectivity index (χ0n) is 9.72. The van der Waals surface area contributed by atoms with Gasteiger partial charge in [-0.15, -0.1) is 0 Å². The van der Waals surface area contributed by atoms with Crippen LogP contribution in [0.15, 0.2) is 30.3 Å². The van der Waals surface area contributed by atoms with Gasteiger partial charge in [-0.05, 0) is 11.5 Å². The summed E-state index contributed by atoms with van der Waals surface area (Å²) in [4.78, 5) is 13.4. The largest absolute Gasteiger partial charge is 0.444 e. The van der Waals surface area contributed by atoms with Gasteiger partial charge in [0, 0.05) is 6.54 Å². The first-order valence-electron chi connectivity index (χ1n) is 5.66. The van der Waals surface area contributed by atoms with Crippen LogP contribution in [0.1, 0.15) is 19.4 Å². The lowest BCUT2D eigenvalue weighted by Gasteiger charge is -2.13. The minimum absolute atomic E-state index is 0.0382. The molecular formula is C13H17NO2. The first-order valence-corrected chi connectivity index (χ1v) is 5.66. The average Bonchev–Trinajstić information content (AvgIpc) is 2.62. The van der Waals surface area contributed by atoms with Crippen molar-refractivity contribution < 1.29 is 9.53 Å². The van der Waals surface area contributed by atoms with Gasteiger partial charge in [0.1, 0.15) is 6.10 Å². The molecule has 16 heavy (non-hydrogen) atoms. The van der Waals surface area contributed by atoms with Gasteiger partial charge in [0.05, 0.1) is 6.54 Å². The molecule has 0 aliphatic carbocycles. The Morgan fingerprint density at radius 2 is 2.06 bits per heavy atom. The van der Waals surface area contributed by atoms with Crippen molar-refractivity contribution in [2.75, 3.05) is 6.54 Å². The molecule has 1 aromatic rings. The van der Waals surface area contributed by atoms with Gasteiger partial charge in [-0.25, -0.2) is 4.79 Å². The van der Waals surface area contributed by atoms with E-state index in [0.717, 1.165) is 5.56 Å². The number of carbonyl (C=O) groups is 1. The Kier molecular flexibility index (Phi) is 3.13. The molecule has 1 aromatic carbocycles. The highest BCUT2D eigenvalue weighted by Crippen LogP contribution is 2.19. The molecule has 0 spiro atoms. The van der Waals surface area contributed by atoms with E-state index in [0.29, 0.717) is 19.0 Å². The van der Waals surface area contributed by atoms with Crippen molar-refractivity contribution in [3.8, 4) is 0 Å². The van der Waals surface area contributed by atoms with Crippen molar-refractivity contribution in [3.05, 3.63) is 35.9 Å². The van der Waals surface area contributed by atoms with E-state index in [1.54, 1.807) is 4.90 Å². The van der Waals surface area contributed by atoms with Crippen molar-refractivity contribution in [2.45, 2.75) is 26.5 Å². The van der Waals surface area contributed by atoms with Gasteiger partial charge in [-0.3, -0.25) is 0 Å². The van der Waals surface area contributed by atoms with E-state index < -0.39 is 0 Å². The first-order chi connectivity index (χ1) is 7.66. The summed E-state index contributed by atoms with van der Waals surface area (Å²) >= 11 is 0. The molecule has 3 heteroatoms. The van der Waals surface area contributed by atoms with Crippen molar-refractivity contribution >= 4 is 6.09 Å². The number of ether oxygens (including phenoxy) is 1. The number of hydrogen-bond donors (Lipinski definition) is 0. The fourth-order valence-electron chi connectivity index (χ4n) is 1.81. The minimum atomic E-state index is -0.192. The van der Waals surface area contributed by atoms with Gasteiger partial charge in [0.25, 0.3) is 0 Å². The van der Waals surface area contributed by atoms with Crippen LogP contribution < -0.4 is 0 Å². The quantitative estimate of drug-likeness (QED) is 0.782. The van der Waals surface area contributed by atoms with Crippen LogP contribution in [0.25, 0.3) is 0 Å². The van der Waals surface area contributed by atoms with Crippen LogP contribution in [0.3, 0.4) is 0 Å². The molecule has 1 aliphatic heterocycles. The van der Waals surface area contributed by atoms with Gasteiger partial charge in [-0.2, -0.15) is 0 Å². The maximum Gasteiger partial charge on any atom is 0.410 e. The SMILES string of the molecule is CC(C)C1CN(Cc2ccccc2)C(=O)O1. The Morgan fingerprint density at radius 1 is 1.38 bits per heavy atom. The maximum atomic E-state index is 11.6. The second-order valence-corrected chi connectivity index (χ2v) is 4.53. The predicted molar refractivity (Wildman–Crippen MR) is 62.0 cm³/mol. The first kappa shape index (κ1) is 11.0. The highest BCUT2D eigenvalue weighted by atomic mass is 16.6. The molecule has 1 atom stereocenters. The van der Waals surface area contributed by atoms with E-state index in [4.69, 9.17) is 4.74 Å². The Morgan fingerprint density at radius 3 is 2.62 bits per heavy atom. The van der Waals surface area contributed by atoms with Crippen molar-refractivity contribution in [2.24, 2.45) is 5.92 Å². The van der Waals surface area contributed by atoms with Crippen molar-refractivity contribution in [1.29, 1.82) is 0 Å². The Labute approximate surface area is 96.0 Å². The van der Waals surface area contributed by atoms with E-state index in [1.165, 1.54) is 0 Å². The van der Waals surface area contributed by atoms with Gasteiger partial charge in [-0.1, -0.05) is 44.2 Å². The van der Waals surface area contributed by atoms with Crippen LogP contribution in [0, 0.1) is 5.92 Å². The molecule has 1 fully saturated rings. The topological polar surface area (TPSA) is 29.5 Å². The third-order valence-electron chi connectivity index (χ3n) is 2.87. The van der Waals surface area contributed by atoms with Crippen LogP contribution in [0.2, 0.25) is 0 Å². The van der Waals surface area contributed by atoms with Gasteiger partial charge >= 0.3 is 6.09 Å². The number of amides is 1. The summed E-state index contributed by atoms with van der Waals surface area (Å²) in [5, 5.41) is 0. The Hall–Kier alpha value is -1.51. The molecule has 1 heterocycles. The number of carbonyl (C=O) groups excluding carboxylic acids is 1. The summed E-state index contributed by atoms with van der Waals surface area (Å²) in [7, 11) is 0. The van der Waals surface area contributed by atoms with Gasteiger partial charge < -0.3 is 9.64 Å². The lowest BCUT2D eigenvalue weighted by molar-refractivity contribution is 0.112. The van der Waals surface area contributed by atoms with E-state index in [9.17, 15) is 4.79 Å². The molecule has 1 amide bonds. The zero-order chi connectivity index (χ0) is 11.5. The van der Waals surface area contributed by atoms with E-state index in [1.807, 2.05) is 30.3 Å². The molecular weight excluding hydrogens is 202 g/mol. The van der Waals surface area contributed by atoms with Crippen molar-refractivity contribution in [1.82, 2.24) is 4.90 Å². The molecule has 0 aromatic heterocycles. The predicted octanol–water partition coefficient (Wildman–Crippen LogP) is 2.66. The summed E-state index contributed by atoms with van der Waals surface area (Å²) in [5.74, 6) is 0.379. The standard InChI is InChI=1S/C13H17NO2/c1-10(2)12-9-14(13(15)16-12)8-11-6-4-3-5-7-11/h3-7,10,12H,8-9H2,1-2H3. The van der Waals surface area contributed by atoms with Crippen LogP contribution in [0.4, 0.5) is 4.79 Å². The number of nitrogens with zero attached hydrogens (tertiary/aromatic N) is 1. The van der Waals surface area contributed by atoms with E-state index in [-0.39, 0.29) is 12.2 Å². The molecule has 3 nitrogen and oxygen atoms in total. The van der Waals surface area contributed by atoms with Crippen LogP contribution in [-0.4, -0.2) is 23.6 Å². The normalized spacial score (nSPS) is 20.3. The third-order valence-corrected chi connectivity index (χ3v) is 2.87. The fourth-order valence-corrected chi connectivity index (χ4v) is 1.81. The Balaban J connectivity index is 1.99. The summed E-state index contributed by atoms with van der Waals surface area (Å²) in [6.45, 7) is 5.49. The number of cyclic esters (lactones) is 1. The van der Waals surface area contributed by atoms with Crippen molar-refractivity contribution in [3.63, 3.8) is 0 Å². The zero-order valence-corrected chi connectivity index (χ0v) is 9.72. The molecule has 86 valence electrons. The lowest BCUT2D eigenvalue weighted by Crippen LogP contribution is -2.25. The van der Waals surface area contributed by atoms with Crippen LogP contribution >= 0.6 is 0 Å². The average molecular weight is 219 g/mol.